The predicted octanol–water partition coefficient (Wildman–Crippen LogP) is 12.9. The first-order valence-corrected chi connectivity index (χ1v) is 24.5. The van der Waals surface area contributed by atoms with Crippen molar-refractivity contribution in [1.29, 1.82) is 0 Å². The fourth-order valence-corrected chi connectivity index (χ4v) is 7.05. The van der Waals surface area contributed by atoms with Crippen molar-refractivity contribution < 1.29 is 53.2 Å². The molecule has 6 atom stereocenters. The van der Waals surface area contributed by atoms with Gasteiger partial charge in [0.25, 0.3) is 0 Å². The average Bonchev–Trinajstić information content (AvgIpc) is 3.19. The molecule has 0 spiro atoms. The molecule has 0 aliphatic heterocycles. The van der Waals surface area contributed by atoms with Crippen molar-refractivity contribution in [3.05, 3.63) is 0 Å². The maximum atomic E-state index is 12.5. The third-order valence-corrected chi connectivity index (χ3v) is 11.5. The zero-order valence-corrected chi connectivity index (χ0v) is 40.9. The van der Waals surface area contributed by atoms with Crippen LogP contribution in [0.4, 0.5) is 0 Å². The number of aliphatic carboxylic acids is 2. The Morgan fingerprint density at radius 1 is 0.535 bits per heavy atom. The summed E-state index contributed by atoms with van der Waals surface area (Å²) in [6, 6.07) is 0.117. The van der Waals surface area contributed by atoms with Crippen molar-refractivity contribution in [2.75, 3.05) is 49.3 Å². The quantitative estimate of drug-likeness (QED) is 0.0271. The second-order valence-electron chi connectivity index (χ2n) is 15.9. The molecule has 0 saturated heterocycles. The van der Waals surface area contributed by atoms with E-state index in [1.165, 1.54) is 0 Å². The minimum atomic E-state index is -0.873. The number of rotatable bonds is 32. The minimum Gasteiger partial charge on any atom is -0.481 e. The fourth-order valence-electron chi connectivity index (χ4n) is 5.13. The minimum absolute atomic E-state index is 0. The number of hydrogen-bond acceptors (Lipinski definition) is 12. The third-order valence-electron chi connectivity index (χ3n) is 9.25. The SMILES string of the molecule is C.C.C.C.C.C.C.C.C.C.CCC(C)C(=O)O.CCCCOC(=O)C(C)CC(CSCCN)C(=O)NC(C)C.CCCCOC(=O)CCC(CSCCNC(=O)C(C)CC(CC)C(=O)O)C(=O)NC(C)C. The summed E-state index contributed by atoms with van der Waals surface area (Å²) in [4.78, 5) is 81.8. The molecule has 0 aromatic heterocycles. The van der Waals surface area contributed by atoms with Crippen LogP contribution in [-0.2, 0) is 43.0 Å². The third kappa shape index (κ3) is 59.4. The molecule has 438 valence electrons. The first-order valence-electron chi connectivity index (χ1n) is 22.2. The van der Waals surface area contributed by atoms with Gasteiger partial charge in [-0.3, -0.25) is 33.6 Å². The summed E-state index contributed by atoms with van der Waals surface area (Å²) >= 11 is 3.20. The molecule has 15 nitrogen and oxygen atoms in total. The number of unbranched alkanes of at least 4 members (excludes halogenated alkanes) is 2. The Hall–Kier alpha value is -3.05. The van der Waals surface area contributed by atoms with E-state index >= 15 is 0 Å². The van der Waals surface area contributed by atoms with Crippen LogP contribution in [0.25, 0.3) is 0 Å². The molecule has 0 rings (SSSR count). The number of thioether (sulfide) groups is 2. The number of carbonyl (C=O) groups excluding carboxylic acids is 5. The number of nitrogens with two attached hydrogens (primary N) is 1. The number of amides is 3. The highest BCUT2D eigenvalue weighted by atomic mass is 32.2. The molecule has 3 amide bonds. The molecule has 0 aliphatic rings. The molecule has 0 fully saturated rings. The Kier molecular flexibility index (Phi) is 92.3. The number of nitrogens with one attached hydrogen (secondary N) is 3. The topological polar surface area (TPSA) is 241 Å². The molecule has 17 heteroatoms. The van der Waals surface area contributed by atoms with Crippen LogP contribution in [0.5, 0.6) is 0 Å². The van der Waals surface area contributed by atoms with Gasteiger partial charge in [0.2, 0.25) is 17.7 Å². The smallest absolute Gasteiger partial charge is 0.308 e. The van der Waals surface area contributed by atoms with E-state index in [-0.39, 0.29) is 152 Å². The van der Waals surface area contributed by atoms with Crippen LogP contribution in [0.1, 0.15) is 215 Å². The largest absolute Gasteiger partial charge is 0.481 e. The fraction of sp³-hybridized carbons (Fsp3) is 0.870. The first-order chi connectivity index (χ1) is 28.7. The van der Waals surface area contributed by atoms with E-state index in [9.17, 15) is 33.6 Å². The molecule has 0 bridgehead atoms. The van der Waals surface area contributed by atoms with Gasteiger partial charge in [-0.2, -0.15) is 23.5 Å². The van der Waals surface area contributed by atoms with Crippen molar-refractivity contribution in [2.24, 2.45) is 41.2 Å². The molecule has 0 heterocycles. The van der Waals surface area contributed by atoms with Crippen LogP contribution in [0.2, 0.25) is 0 Å². The van der Waals surface area contributed by atoms with Crippen molar-refractivity contribution >= 4 is 65.1 Å². The molecular formula is C54H124N4O11S2. The number of carboxylic acids is 2. The van der Waals surface area contributed by atoms with Crippen molar-refractivity contribution in [1.82, 2.24) is 16.0 Å². The lowest BCUT2D eigenvalue weighted by Crippen LogP contribution is -2.38. The molecule has 7 N–H and O–H groups in total. The highest BCUT2D eigenvalue weighted by Gasteiger charge is 2.26. The summed E-state index contributed by atoms with van der Waals surface area (Å²) in [6.45, 7) is 22.6. The highest BCUT2D eigenvalue weighted by Crippen LogP contribution is 2.20. The number of carbonyl (C=O) groups is 7. The first kappa shape index (κ1) is 101. The lowest BCUT2D eigenvalue weighted by Gasteiger charge is -2.21. The van der Waals surface area contributed by atoms with E-state index < -0.39 is 17.9 Å². The van der Waals surface area contributed by atoms with Crippen LogP contribution in [0.3, 0.4) is 0 Å². The van der Waals surface area contributed by atoms with Gasteiger partial charge in [-0.05, 0) is 72.6 Å². The molecule has 71 heavy (non-hydrogen) atoms. The maximum Gasteiger partial charge on any atom is 0.308 e. The Balaban J connectivity index is -0.0000000695. The van der Waals surface area contributed by atoms with Gasteiger partial charge >= 0.3 is 23.9 Å². The van der Waals surface area contributed by atoms with E-state index in [1.807, 2.05) is 48.5 Å². The van der Waals surface area contributed by atoms with Crippen LogP contribution in [-0.4, -0.2) is 113 Å². The summed E-state index contributed by atoms with van der Waals surface area (Å²) in [5.41, 5.74) is 5.49. The summed E-state index contributed by atoms with van der Waals surface area (Å²) in [7, 11) is 0. The Morgan fingerprint density at radius 2 is 0.972 bits per heavy atom. The van der Waals surface area contributed by atoms with Gasteiger partial charge in [-0.15, -0.1) is 0 Å². The zero-order valence-electron chi connectivity index (χ0n) is 39.3. The molecular weight excluding hydrogens is 945 g/mol. The number of hydrogen-bond donors (Lipinski definition) is 6. The summed E-state index contributed by atoms with van der Waals surface area (Å²) in [6.07, 6.45) is 6.33. The molecule has 0 aliphatic carbocycles. The van der Waals surface area contributed by atoms with Gasteiger partial charge in [0.05, 0.1) is 31.0 Å². The van der Waals surface area contributed by atoms with E-state index in [1.54, 1.807) is 44.3 Å². The number of carboxylic acid groups (broad SMARTS) is 2. The Morgan fingerprint density at radius 3 is 1.37 bits per heavy atom. The standard InChI is InChI=1S/C23H42N2O6S.C16H32N2O3S.C5H10O2.10CH4/c1-6-8-12-31-20(26)10-9-19(22(28)25-16(3)4)15-32-13-11-24-21(27)17(5)14-18(7-2)23(29)30;1-5-6-8-21-16(20)13(4)10-14(11-22-9-7-17)15(19)18-12(2)3;1-3-4(2)5(6)7;;;;;;;;;;/h16-19H,6-15H2,1-5H3,(H,24,27)(H,25,28)(H,29,30);12-14H,5-11,17H2,1-4H3,(H,18,19);4H,3H2,1-2H3,(H,6,7);10*1H4. The number of ether oxygens (including phenoxy) is 2. The lowest BCUT2D eigenvalue weighted by atomic mass is 9.93. The van der Waals surface area contributed by atoms with Crippen LogP contribution in [0.15, 0.2) is 0 Å². The van der Waals surface area contributed by atoms with Gasteiger partial charge in [0.15, 0.2) is 0 Å². The normalized spacial score (nSPS) is 11.8. The summed E-state index contributed by atoms with van der Waals surface area (Å²) in [5.74, 6) is -1.45. The predicted molar refractivity (Wildman–Crippen MR) is 315 cm³/mol. The van der Waals surface area contributed by atoms with E-state index in [4.69, 9.17) is 25.4 Å². The molecule has 0 saturated carbocycles. The Bertz CT molecular complexity index is 1230. The number of esters is 2. The van der Waals surface area contributed by atoms with Crippen molar-refractivity contribution in [2.45, 2.75) is 227 Å². The van der Waals surface area contributed by atoms with Gasteiger partial charge < -0.3 is 41.4 Å². The molecule has 0 aromatic rings. The van der Waals surface area contributed by atoms with Gasteiger partial charge in [-0.25, -0.2) is 0 Å². The van der Waals surface area contributed by atoms with Gasteiger partial charge in [-0.1, -0.05) is 136 Å². The van der Waals surface area contributed by atoms with E-state index in [0.717, 1.165) is 37.9 Å². The lowest BCUT2D eigenvalue weighted by molar-refractivity contribution is -0.149. The second kappa shape index (κ2) is 65.0. The monoisotopic (exact) mass is 1070 g/mol. The molecule has 0 radical (unpaired) electrons. The van der Waals surface area contributed by atoms with Gasteiger partial charge in [0.1, 0.15) is 0 Å². The van der Waals surface area contributed by atoms with Crippen LogP contribution in [0, 0.1) is 35.5 Å². The van der Waals surface area contributed by atoms with Gasteiger partial charge in [0, 0.05) is 72.4 Å². The Labute approximate surface area is 449 Å². The molecule has 6 unspecified atom stereocenters. The highest BCUT2D eigenvalue weighted by molar-refractivity contribution is 7.99. The zero-order chi connectivity index (χ0) is 47.3. The van der Waals surface area contributed by atoms with Crippen LogP contribution >= 0.6 is 23.5 Å². The molecule has 0 aromatic carbocycles. The average molecular weight is 1070 g/mol. The van der Waals surface area contributed by atoms with Crippen molar-refractivity contribution in [3.63, 3.8) is 0 Å². The van der Waals surface area contributed by atoms with E-state index in [2.05, 4.69) is 22.9 Å². The summed E-state index contributed by atoms with van der Waals surface area (Å²) < 4.78 is 10.4. The van der Waals surface area contributed by atoms with Crippen LogP contribution < -0.4 is 21.7 Å². The summed E-state index contributed by atoms with van der Waals surface area (Å²) in [5, 5.41) is 26.0. The van der Waals surface area contributed by atoms with Crippen molar-refractivity contribution in [3.8, 4) is 0 Å². The maximum absolute atomic E-state index is 12.5. The van der Waals surface area contributed by atoms with E-state index in [0.29, 0.717) is 69.2 Å². The second-order valence-corrected chi connectivity index (χ2v) is 18.2.